The average molecular weight is 303 g/mol. The van der Waals surface area contributed by atoms with Gasteiger partial charge in [-0.2, -0.15) is 0 Å². The number of hydrogen-bond donors (Lipinski definition) is 1. The van der Waals surface area contributed by atoms with E-state index in [-0.39, 0.29) is 0 Å². The van der Waals surface area contributed by atoms with Gasteiger partial charge in [-0.1, -0.05) is 61.7 Å². The lowest BCUT2D eigenvalue weighted by Gasteiger charge is -2.22. The topological polar surface area (TPSA) is 25.2 Å². The first-order valence-corrected chi connectivity index (χ1v) is 8.76. The molecule has 0 bridgehead atoms. The second-order valence-electron chi connectivity index (χ2n) is 6.95. The Hall–Kier alpha value is -2.06. The number of aliphatic hydroxyl groups excluding tert-OH is 1. The van der Waals surface area contributed by atoms with Crippen molar-refractivity contribution in [1.82, 2.24) is 4.57 Å². The largest absolute Gasteiger partial charge is 0.369 e. The fourth-order valence-corrected chi connectivity index (χ4v) is 4.70. The third-order valence-corrected chi connectivity index (χ3v) is 5.70. The van der Waals surface area contributed by atoms with E-state index in [1.54, 1.807) is 0 Å². The number of hydrogen-bond acceptors (Lipinski definition) is 1. The van der Waals surface area contributed by atoms with Crippen molar-refractivity contribution in [3.8, 4) is 11.3 Å². The second kappa shape index (κ2) is 4.97. The van der Waals surface area contributed by atoms with Gasteiger partial charge in [0.15, 0.2) is 6.23 Å². The Morgan fingerprint density at radius 1 is 0.870 bits per heavy atom. The van der Waals surface area contributed by atoms with Gasteiger partial charge >= 0.3 is 0 Å². The van der Waals surface area contributed by atoms with Gasteiger partial charge in [-0.15, -0.1) is 0 Å². The van der Waals surface area contributed by atoms with Crippen LogP contribution < -0.4 is 0 Å². The smallest absolute Gasteiger partial charge is 0.158 e. The minimum Gasteiger partial charge on any atom is -0.369 e. The van der Waals surface area contributed by atoms with Gasteiger partial charge in [0.1, 0.15) is 0 Å². The third-order valence-electron chi connectivity index (χ3n) is 5.70. The molecule has 2 nitrogen and oxygen atoms in total. The highest BCUT2D eigenvalue weighted by Crippen LogP contribution is 2.50. The number of aliphatic hydroxyl groups is 1. The van der Waals surface area contributed by atoms with Crippen LogP contribution in [0.1, 0.15) is 55.4 Å². The van der Waals surface area contributed by atoms with Crippen LogP contribution in [0, 0.1) is 0 Å². The Morgan fingerprint density at radius 3 is 2.48 bits per heavy atom. The van der Waals surface area contributed by atoms with E-state index in [2.05, 4.69) is 47.0 Å². The van der Waals surface area contributed by atoms with Crippen LogP contribution >= 0.6 is 0 Å². The van der Waals surface area contributed by atoms with E-state index in [0.717, 1.165) is 5.56 Å². The fraction of sp³-hybridized carbons (Fsp3) is 0.333. The molecular formula is C21H21NO. The standard InChI is InChI=1S/C21H21NO/c23-21-16-11-5-4-10-15(16)20-19(14-8-2-1-3-9-14)17-12-6-7-13-18(17)22(20)21/h4-7,10-14,21,23H,1-3,8-9H2. The van der Waals surface area contributed by atoms with Crippen molar-refractivity contribution in [1.29, 1.82) is 0 Å². The zero-order valence-corrected chi connectivity index (χ0v) is 13.2. The van der Waals surface area contributed by atoms with E-state index >= 15 is 0 Å². The Labute approximate surface area is 136 Å². The zero-order valence-electron chi connectivity index (χ0n) is 13.2. The minimum atomic E-state index is -0.552. The van der Waals surface area contributed by atoms with Crippen molar-refractivity contribution < 1.29 is 5.11 Å². The van der Waals surface area contributed by atoms with E-state index in [9.17, 15) is 5.11 Å². The van der Waals surface area contributed by atoms with Gasteiger partial charge in [0.25, 0.3) is 0 Å². The lowest BCUT2D eigenvalue weighted by atomic mass is 9.81. The summed E-state index contributed by atoms with van der Waals surface area (Å²) in [4.78, 5) is 0. The molecule has 2 aliphatic rings. The molecule has 116 valence electrons. The molecule has 1 atom stereocenters. The summed E-state index contributed by atoms with van der Waals surface area (Å²) in [5.41, 5.74) is 6.18. The molecule has 1 fully saturated rings. The van der Waals surface area contributed by atoms with E-state index in [0.29, 0.717) is 5.92 Å². The monoisotopic (exact) mass is 303 g/mol. The second-order valence-corrected chi connectivity index (χ2v) is 6.95. The maximum atomic E-state index is 10.9. The van der Waals surface area contributed by atoms with Crippen LogP contribution in [0.25, 0.3) is 22.2 Å². The highest BCUT2D eigenvalue weighted by atomic mass is 16.3. The molecule has 0 saturated heterocycles. The summed E-state index contributed by atoms with van der Waals surface area (Å²) >= 11 is 0. The molecule has 1 aliphatic heterocycles. The van der Waals surface area contributed by atoms with Crippen LogP contribution in [0.5, 0.6) is 0 Å². The van der Waals surface area contributed by atoms with Crippen LogP contribution in [0.4, 0.5) is 0 Å². The highest BCUT2D eigenvalue weighted by Gasteiger charge is 2.34. The maximum Gasteiger partial charge on any atom is 0.158 e. The van der Waals surface area contributed by atoms with Gasteiger partial charge in [0.2, 0.25) is 0 Å². The molecule has 1 saturated carbocycles. The summed E-state index contributed by atoms with van der Waals surface area (Å²) in [6.07, 6.45) is 6.02. The van der Waals surface area contributed by atoms with Gasteiger partial charge in [-0.3, -0.25) is 0 Å². The molecule has 2 aromatic carbocycles. The zero-order chi connectivity index (χ0) is 15.4. The molecule has 1 aliphatic carbocycles. The van der Waals surface area contributed by atoms with Gasteiger partial charge in [0.05, 0.1) is 11.2 Å². The van der Waals surface area contributed by atoms with Crippen molar-refractivity contribution in [2.24, 2.45) is 0 Å². The first kappa shape index (κ1) is 13.4. The minimum absolute atomic E-state index is 0.552. The lowest BCUT2D eigenvalue weighted by molar-refractivity contribution is 0.159. The molecule has 2 heterocycles. The Balaban J connectivity index is 1.85. The quantitative estimate of drug-likeness (QED) is 0.656. The first-order chi connectivity index (χ1) is 11.4. The predicted molar refractivity (Wildman–Crippen MR) is 93.6 cm³/mol. The molecule has 1 unspecified atom stereocenters. The molecule has 0 radical (unpaired) electrons. The number of para-hydroxylation sites is 1. The van der Waals surface area contributed by atoms with E-state index in [4.69, 9.17) is 0 Å². The molecule has 1 N–H and O–H groups in total. The molecule has 3 aromatic rings. The summed E-state index contributed by atoms with van der Waals surface area (Å²) in [6.45, 7) is 0. The molecule has 0 amide bonds. The van der Waals surface area contributed by atoms with Crippen molar-refractivity contribution in [3.05, 3.63) is 59.7 Å². The summed E-state index contributed by atoms with van der Waals surface area (Å²) in [5, 5.41) is 12.2. The van der Waals surface area contributed by atoms with Crippen LogP contribution in [-0.4, -0.2) is 9.67 Å². The summed E-state index contributed by atoms with van der Waals surface area (Å²) < 4.78 is 2.16. The summed E-state index contributed by atoms with van der Waals surface area (Å²) in [5.74, 6) is 0.628. The Kier molecular flexibility index (Phi) is 2.89. The number of nitrogens with zero attached hydrogens (tertiary/aromatic N) is 1. The lowest BCUT2D eigenvalue weighted by Crippen LogP contribution is -2.06. The van der Waals surface area contributed by atoms with Gasteiger partial charge < -0.3 is 9.67 Å². The molecule has 1 aromatic heterocycles. The van der Waals surface area contributed by atoms with Crippen LogP contribution in [0.3, 0.4) is 0 Å². The SMILES string of the molecule is OC1c2ccccc2-c2c(C3CCCCC3)c3ccccc3n21. The Bertz CT molecular complexity index is 886. The van der Waals surface area contributed by atoms with Crippen molar-refractivity contribution in [2.45, 2.75) is 44.2 Å². The van der Waals surface area contributed by atoms with Crippen LogP contribution in [-0.2, 0) is 0 Å². The summed E-state index contributed by atoms with van der Waals surface area (Å²) in [7, 11) is 0. The third kappa shape index (κ3) is 1.79. The van der Waals surface area contributed by atoms with E-state index in [1.165, 1.54) is 59.8 Å². The molecule has 5 rings (SSSR count). The summed E-state index contributed by atoms with van der Waals surface area (Å²) in [6, 6.07) is 16.9. The predicted octanol–water partition coefficient (Wildman–Crippen LogP) is 5.21. The van der Waals surface area contributed by atoms with Crippen LogP contribution in [0.2, 0.25) is 0 Å². The number of benzene rings is 2. The van der Waals surface area contributed by atoms with Crippen molar-refractivity contribution in [3.63, 3.8) is 0 Å². The Morgan fingerprint density at radius 2 is 1.61 bits per heavy atom. The van der Waals surface area contributed by atoms with Crippen LogP contribution in [0.15, 0.2) is 48.5 Å². The van der Waals surface area contributed by atoms with E-state index < -0.39 is 6.23 Å². The molecular weight excluding hydrogens is 282 g/mol. The highest BCUT2D eigenvalue weighted by molar-refractivity contribution is 5.95. The van der Waals surface area contributed by atoms with Gasteiger partial charge in [-0.05, 0) is 30.4 Å². The van der Waals surface area contributed by atoms with Gasteiger partial charge in [-0.25, -0.2) is 0 Å². The molecule has 2 heteroatoms. The number of fused-ring (bicyclic) bond motifs is 5. The number of rotatable bonds is 1. The van der Waals surface area contributed by atoms with Crippen molar-refractivity contribution in [2.75, 3.05) is 0 Å². The molecule has 23 heavy (non-hydrogen) atoms. The number of aromatic nitrogens is 1. The molecule has 0 spiro atoms. The van der Waals surface area contributed by atoms with Gasteiger partial charge in [0, 0.05) is 16.5 Å². The average Bonchev–Trinajstić information content (AvgIpc) is 3.10. The first-order valence-electron chi connectivity index (χ1n) is 8.76. The maximum absolute atomic E-state index is 10.9. The normalized spacial score (nSPS) is 20.7. The van der Waals surface area contributed by atoms with E-state index in [1.807, 2.05) is 6.07 Å². The fourth-order valence-electron chi connectivity index (χ4n) is 4.70. The van der Waals surface area contributed by atoms with Crippen molar-refractivity contribution >= 4 is 10.9 Å².